The van der Waals surface area contributed by atoms with Crippen molar-refractivity contribution < 1.29 is 13.3 Å². The van der Waals surface area contributed by atoms with Crippen molar-refractivity contribution in [3.05, 3.63) is 63.5 Å². The summed E-state index contributed by atoms with van der Waals surface area (Å²) in [5, 5.41) is 15.8. The summed E-state index contributed by atoms with van der Waals surface area (Å²) in [7, 11) is -3.94. The fraction of sp³-hybridized carbons (Fsp3) is 0.375. The molecule has 2 aromatic carbocycles. The number of hydrogen-bond acceptors (Lipinski definition) is 8. The number of nitro benzene ring substituents is 1. The Morgan fingerprint density at radius 1 is 1.06 bits per heavy atom. The van der Waals surface area contributed by atoms with Crippen LogP contribution in [0.25, 0.3) is 11.3 Å². The minimum absolute atomic E-state index is 0.197. The van der Waals surface area contributed by atoms with Gasteiger partial charge in [0, 0.05) is 39.7 Å². The number of fused-ring (bicyclic) bond motifs is 3. The Labute approximate surface area is 212 Å². The first-order valence-electron chi connectivity index (χ1n) is 11.6. The summed E-state index contributed by atoms with van der Waals surface area (Å²) in [5.74, 6) is 1.25. The van der Waals surface area contributed by atoms with Gasteiger partial charge in [0.1, 0.15) is 0 Å². The van der Waals surface area contributed by atoms with Crippen LogP contribution in [0.5, 0.6) is 0 Å². The number of thioether (sulfide) groups is 1. The lowest BCUT2D eigenvalue weighted by atomic mass is 9.86. The predicted molar refractivity (Wildman–Crippen MR) is 140 cm³/mol. The van der Waals surface area contributed by atoms with Crippen molar-refractivity contribution in [2.24, 2.45) is 5.92 Å². The van der Waals surface area contributed by atoms with Gasteiger partial charge in [-0.15, -0.1) is 23.1 Å². The van der Waals surface area contributed by atoms with Crippen LogP contribution in [0.15, 0.2) is 58.3 Å². The third-order valence-corrected chi connectivity index (χ3v) is 10.1. The molecule has 2 heterocycles. The monoisotopic (exact) mass is 530 g/mol. The van der Waals surface area contributed by atoms with Gasteiger partial charge in [-0.3, -0.25) is 10.1 Å². The number of para-hydroxylation sites is 1. The number of thiazole rings is 1. The second kappa shape index (κ2) is 10.3. The molecule has 0 spiro atoms. The average Bonchev–Trinajstić information content (AvgIpc) is 3.18. The lowest BCUT2D eigenvalue weighted by Crippen LogP contribution is -2.34. The molecule has 0 radical (unpaired) electrons. The zero-order valence-corrected chi connectivity index (χ0v) is 21.4. The number of benzene rings is 2. The van der Waals surface area contributed by atoms with Gasteiger partial charge in [-0.2, -0.15) is 0 Å². The van der Waals surface area contributed by atoms with Gasteiger partial charge in [0.15, 0.2) is 10.0 Å². The number of nitro groups is 1. The molecule has 0 saturated heterocycles. The largest absolute Gasteiger partial charge is 0.359 e. The van der Waals surface area contributed by atoms with Gasteiger partial charge < -0.3 is 5.32 Å². The number of rotatable bonds is 7. The first-order chi connectivity index (χ1) is 16.9. The van der Waals surface area contributed by atoms with Crippen molar-refractivity contribution in [3.8, 4) is 11.3 Å². The number of hydrogen-bond donors (Lipinski definition) is 2. The number of aryl methyl sites for hydroxylation is 1. The maximum Gasteiger partial charge on any atom is 0.289 e. The van der Waals surface area contributed by atoms with Crippen molar-refractivity contribution in [1.29, 1.82) is 0 Å². The van der Waals surface area contributed by atoms with E-state index in [1.165, 1.54) is 39.6 Å². The molecule has 1 saturated carbocycles. The van der Waals surface area contributed by atoms with E-state index in [1.54, 1.807) is 11.3 Å². The molecule has 3 aromatic rings. The van der Waals surface area contributed by atoms with E-state index in [1.807, 2.05) is 11.8 Å². The molecular weight excluding hydrogens is 504 g/mol. The van der Waals surface area contributed by atoms with Crippen LogP contribution in [0.4, 0.5) is 10.8 Å². The van der Waals surface area contributed by atoms with E-state index in [2.05, 4.69) is 34.3 Å². The van der Waals surface area contributed by atoms with E-state index >= 15 is 0 Å². The minimum Gasteiger partial charge on any atom is -0.359 e. The summed E-state index contributed by atoms with van der Waals surface area (Å²) in [6.45, 7) is 0.279. The SMILES string of the molecule is O=[N+]([O-])c1ccccc1S(=O)(=O)NCC1CCC(Nc2nc3c(s2)CCSc2ccccc2-3)CC1. The molecule has 2 N–H and O–H groups in total. The highest BCUT2D eigenvalue weighted by atomic mass is 32.2. The number of aromatic nitrogens is 1. The number of sulfonamides is 1. The molecule has 11 heteroatoms. The summed E-state index contributed by atoms with van der Waals surface area (Å²) in [6, 6.07) is 14.2. The number of nitrogens with zero attached hydrogens (tertiary/aromatic N) is 2. The summed E-state index contributed by atoms with van der Waals surface area (Å²) < 4.78 is 27.9. The predicted octanol–water partition coefficient (Wildman–Crippen LogP) is 5.32. The molecular formula is C24H26N4O4S3. The molecule has 1 aliphatic heterocycles. The number of nitrogens with one attached hydrogen (secondary N) is 2. The molecule has 1 fully saturated rings. The lowest BCUT2D eigenvalue weighted by molar-refractivity contribution is -0.387. The lowest BCUT2D eigenvalue weighted by Gasteiger charge is -2.29. The fourth-order valence-electron chi connectivity index (χ4n) is 4.66. The van der Waals surface area contributed by atoms with Crippen molar-refractivity contribution in [3.63, 3.8) is 0 Å². The molecule has 0 bridgehead atoms. The zero-order valence-electron chi connectivity index (χ0n) is 19.0. The molecule has 184 valence electrons. The maximum absolute atomic E-state index is 12.7. The Hall–Kier alpha value is -2.47. The van der Waals surface area contributed by atoms with Gasteiger partial charge in [-0.1, -0.05) is 30.3 Å². The van der Waals surface area contributed by atoms with E-state index in [-0.39, 0.29) is 17.4 Å². The van der Waals surface area contributed by atoms with Crippen LogP contribution in [-0.2, 0) is 16.4 Å². The van der Waals surface area contributed by atoms with E-state index in [9.17, 15) is 18.5 Å². The summed E-state index contributed by atoms with van der Waals surface area (Å²) in [6.07, 6.45) is 4.62. The second-order valence-electron chi connectivity index (χ2n) is 8.82. The van der Waals surface area contributed by atoms with Gasteiger partial charge in [-0.25, -0.2) is 18.1 Å². The van der Waals surface area contributed by atoms with Gasteiger partial charge in [0.2, 0.25) is 10.0 Å². The standard InChI is InChI=1S/C24H26N4O4S3/c29-28(30)19-6-2-4-8-22(19)35(31,32)25-15-16-9-11-17(12-10-16)26-24-27-23-18-5-1-3-7-20(18)33-14-13-21(23)34-24/h1-8,16-17,25H,9-15H2,(H,26,27). The Kier molecular flexibility index (Phi) is 7.10. The fourth-order valence-corrected chi connectivity index (χ4v) is 8.15. The molecule has 8 nitrogen and oxygen atoms in total. The highest BCUT2D eigenvalue weighted by molar-refractivity contribution is 7.99. The maximum atomic E-state index is 12.7. The van der Waals surface area contributed by atoms with Crippen LogP contribution in [-0.4, -0.2) is 36.7 Å². The second-order valence-corrected chi connectivity index (χ2v) is 12.8. The van der Waals surface area contributed by atoms with Crippen LogP contribution in [0.1, 0.15) is 30.6 Å². The van der Waals surface area contributed by atoms with Crippen LogP contribution in [0.2, 0.25) is 0 Å². The van der Waals surface area contributed by atoms with E-state index < -0.39 is 20.6 Å². The van der Waals surface area contributed by atoms with Gasteiger partial charge >= 0.3 is 0 Å². The van der Waals surface area contributed by atoms with E-state index in [0.717, 1.165) is 48.7 Å². The van der Waals surface area contributed by atoms with Gasteiger partial charge in [0.25, 0.3) is 5.69 Å². The summed E-state index contributed by atoms with van der Waals surface area (Å²) in [5.41, 5.74) is 1.90. The average molecular weight is 531 g/mol. The molecule has 2 aliphatic rings. The third kappa shape index (κ3) is 5.37. The van der Waals surface area contributed by atoms with Gasteiger partial charge in [-0.05, 0) is 50.2 Å². The van der Waals surface area contributed by atoms with Crippen LogP contribution in [0, 0.1) is 16.0 Å². The molecule has 1 aromatic heterocycles. The molecule has 1 aliphatic carbocycles. The van der Waals surface area contributed by atoms with Crippen molar-refractivity contribution in [2.75, 3.05) is 17.6 Å². The molecule has 0 atom stereocenters. The van der Waals surface area contributed by atoms with E-state index in [4.69, 9.17) is 4.98 Å². The molecule has 5 rings (SSSR count). The Bertz CT molecular complexity index is 1330. The Morgan fingerprint density at radius 3 is 2.60 bits per heavy atom. The van der Waals surface area contributed by atoms with Crippen molar-refractivity contribution in [2.45, 2.75) is 47.9 Å². The van der Waals surface area contributed by atoms with Crippen molar-refractivity contribution in [1.82, 2.24) is 9.71 Å². The Balaban J connectivity index is 1.17. The Morgan fingerprint density at radius 2 is 1.80 bits per heavy atom. The zero-order chi connectivity index (χ0) is 24.4. The van der Waals surface area contributed by atoms with Crippen molar-refractivity contribution >= 4 is 43.9 Å². The first kappa shape index (κ1) is 24.2. The molecule has 35 heavy (non-hydrogen) atoms. The highest BCUT2D eigenvalue weighted by Crippen LogP contribution is 2.41. The first-order valence-corrected chi connectivity index (χ1v) is 14.9. The normalized spacial score (nSPS) is 19.9. The molecule has 0 unspecified atom stereocenters. The summed E-state index contributed by atoms with van der Waals surface area (Å²) >= 11 is 3.62. The third-order valence-electron chi connectivity index (χ3n) is 6.51. The minimum atomic E-state index is -3.94. The topological polar surface area (TPSA) is 114 Å². The highest BCUT2D eigenvalue weighted by Gasteiger charge is 2.28. The number of anilines is 1. The quantitative estimate of drug-likeness (QED) is 0.314. The van der Waals surface area contributed by atoms with Crippen LogP contribution >= 0.6 is 23.1 Å². The smallest absolute Gasteiger partial charge is 0.289 e. The molecule has 0 amide bonds. The van der Waals surface area contributed by atoms with Crippen LogP contribution in [0.3, 0.4) is 0 Å². The van der Waals surface area contributed by atoms with Crippen LogP contribution < -0.4 is 10.0 Å². The summed E-state index contributed by atoms with van der Waals surface area (Å²) in [4.78, 5) is 17.8. The van der Waals surface area contributed by atoms with E-state index in [0.29, 0.717) is 6.04 Å². The van der Waals surface area contributed by atoms with Gasteiger partial charge in [0.05, 0.1) is 10.6 Å².